The molecule has 1 aromatic heterocycles. The zero-order valence-corrected chi connectivity index (χ0v) is 13.1. The second-order valence-electron chi connectivity index (χ2n) is 5.67. The average Bonchev–Trinajstić information content (AvgIpc) is 2.71. The van der Waals surface area contributed by atoms with Gasteiger partial charge >= 0.3 is 0 Å². The van der Waals surface area contributed by atoms with Crippen LogP contribution >= 0.6 is 12.4 Å². The lowest BCUT2D eigenvalue weighted by Crippen LogP contribution is -2.26. The summed E-state index contributed by atoms with van der Waals surface area (Å²) in [5.41, 5.74) is 1.75. The lowest BCUT2D eigenvalue weighted by Gasteiger charge is -2.20. The van der Waals surface area contributed by atoms with Crippen molar-refractivity contribution in [3.05, 3.63) is 46.9 Å². The van der Waals surface area contributed by atoms with E-state index >= 15 is 0 Å². The van der Waals surface area contributed by atoms with Crippen LogP contribution in [0.25, 0.3) is 11.1 Å². The molecule has 1 aromatic carbocycles. The SMILES string of the molecule is CN1CCCCC(n2cc(-c3ccccc3)c(=O)[nH]2)C1.Cl. The van der Waals surface area contributed by atoms with E-state index < -0.39 is 0 Å². The molecule has 3 rings (SSSR count). The summed E-state index contributed by atoms with van der Waals surface area (Å²) >= 11 is 0. The summed E-state index contributed by atoms with van der Waals surface area (Å²) < 4.78 is 2.01. The van der Waals surface area contributed by atoms with E-state index in [2.05, 4.69) is 17.0 Å². The monoisotopic (exact) mass is 307 g/mol. The molecule has 1 aliphatic heterocycles. The molecule has 1 N–H and O–H groups in total. The van der Waals surface area contributed by atoms with Crippen LogP contribution in [0.4, 0.5) is 0 Å². The molecule has 1 fully saturated rings. The van der Waals surface area contributed by atoms with Gasteiger partial charge in [-0.2, -0.15) is 0 Å². The lowest BCUT2D eigenvalue weighted by atomic mass is 10.1. The number of benzene rings is 1. The fourth-order valence-corrected chi connectivity index (χ4v) is 2.96. The van der Waals surface area contributed by atoms with E-state index in [4.69, 9.17) is 0 Å². The van der Waals surface area contributed by atoms with Crippen molar-refractivity contribution in [1.29, 1.82) is 0 Å². The first-order valence-corrected chi connectivity index (χ1v) is 7.29. The van der Waals surface area contributed by atoms with Crippen molar-refractivity contribution in [3.8, 4) is 11.1 Å². The van der Waals surface area contributed by atoms with E-state index in [1.165, 1.54) is 12.8 Å². The van der Waals surface area contributed by atoms with Crippen LogP contribution in [-0.2, 0) is 0 Å². The number of aromatic nitrogens is 2. The number of hydrogen-bond acceptors (Lipinski definition) is 2. The molecule has 0 spiro atoms. The topological polar surface area (TPSA) is 41.0 Å². The van der Waals surface area contributed by atoms with Gasteiger partial charge in [-0.05, 0) is 32.0 Å². The molecule has 1 aliphatic rings. The Labute approximate surface area is 131 Å². The summed E-state index contributed by atoms with van der Waals surface area (Å²) in [6, 6.07) is 10.2. The second-order valence-corrected chi connectivity index (χ2v) is 5.67. The first-order chi connectivity index (χ1) is 9.74. The summed E-state index contributed by atoms with van der Waals surface area (Å²) in [6.07, 6.45) is 5.56. The molecule has 0 amide bonds. The Hall–Kier alpha value is -1.52. The zero-order chi connectivity index (χ0) is 13.9. The van der Waals surface area contributed by atoms with Crippen LogP contribution < -0.4 is 5.56 Å². The molecular weight excluding hydrogens is 286 g/mol. The van der Waals surface area contributed by atoms with Crippen molar-refractivity contribution >= 4 is 12.4 Å². The molecule has 0 aliphatic carbocycles. The molecule has 1 atom stereocenters. The minimum atomic E-state index is 0. The minimum Gasteiger partial charge on any atom is -0.304 e. The highest BCUT2D eigenvalue weighted by Crippen LogP contribution is 2.21. The third-order valence-electron chi connectivity index (χ3n) is 4.07. The summed E-state index contributed by atoms with van der Waals surface area (Å²) in [4.78, 5) is 14.5. The predicted octanol–water partition coefficient (Wildman–Crippen LogP) is 2.92. The number of H-pyrrole nitrogens is 1. The van der Waals surface area contributed by atoms with Crippen molar-refractivity contribution in [1.82, 2.24) is 14.7 Å². The Morgan fingerprint density at radius 3 is 2.71 bits per heavy atom. The highest BCUT2D eigenvalue weighted by Gasteiger charge is 2.19. The molecule has 2 heterocycles. The molecular formula is C16H22ClN3O. The molecule has 21 heavy (non-hydrogen) atoms. The largest absolute Gasteiger partial charge is 0.304 e. The van der Waals surface area contributed by atoms with Crippen LogP contribution in [0.2, 0.25) is 0 Å². The van der Waals surface area contributed by atoms with Gasteiger partial charge in [0.1, 0.15) is 0 Å². The van der Waals surface area contributed by atoms with Gasteiger partial charge in [0.15, 0.2) is 0 Å². The zero-order valence-electron chi connectivity index (χ0n) is 12.3. The molecule has 1 saturated heterocycles. The van der Waals surface area contributed by atoms with Crippen LogP contribution in [0.15, 0.2) is 41.3 Å². The number of hydrogen-bond donors (Lipinski definition) is 1. The van der Waals surface area contributed by atoms with Gasteiger partial charge in [0, 0.05) is 12.7 Å². The fraction of sp³-hybridized carbons (Fsp3) is 0.438. The average molecular weight is 308 g/mol. The molecule has 2 aromatic rings. The Morgan fingerprint density at radius 1 is 1.19 bits per heavy atom. The van der Waals surface area contributed by atoms with Crippen molar-refractivity contribution in [2.45, 2.75) is 25.3 Å². The van der Waals surface area contributed by atoms with Gasteiger partial charge in [0.2, 0.25) is 0 Å². The fourth-order valence-electron chi connectivity index (χ4n) is 2.96. The maximum absolute atomic E-state index is 12.2. The number of likely N-dealkylation sites (N-methyl/N-ethyl adjacent to an activating group) is 1. The number of nitrogens with one attached hydrogen (secondary N) is 1. The normalized spacial score (nSPS) is 19.8. The number of aromatic amines is 1. The van der Waals surface area contributed by atoms with E-state index in [0.29, 0.717) is 6.04 Å². The Kier molecular flexibility index (Phi) is 5.26. The second kappa shape index (κ2) is 6.96. The van der Waals surface area contributed by atoms with Gasteiger partial charge < -0.3 is 4.90 Å². The van der Waals surface area contributed by atoms with E-state index in [-0.39, 0.29) is 18.0 Å². The summed E-state index contributed by atoms with van der Waals surface area (Å²) in [5.74, 6) is 0. The van der Waals surface area contributed by atoms with Crippen molar-refractivity contribution in [2.75, 3.05) is 20.1 Å². The van der Waals surface area contributed by atoms with Gasteiger partial charge in [-0.15, -0.1) is 12.4 Å². The maximum Gasteiger partial charge on any atom is 0.271 e. The van der Waals surface area contributed by atoms with Gasteiger partial charge in [0.25, 0.3) is 5.56 Å². The standard InChI is InChI=1S/C16H21N3O.ClH/c1-18-10-6-5-9-14(11-18)19-12-15(16(20)17-19)13-7-3-2-4-8-13;/h2-4,7-8,12,14H,5-6,9-11H2,1H3,(H,17,20);1H. The van der Waals surface area contributed by atoms with Crippen molar-refractivity contribution in [2.24, 2.45) is 0 Å². The Balaban J connectivity index is 0.00000161. The van der Waals surface area contributed by atoms with Crippen LogP contribution in [0.5, 0.6) is 0 Å². The van der Waals surface area contributed by atoms with E-state index in [0.717, 1.165) is 30.6 Å². The van der Waals surface area contributed by atoms with Gasteiger partial charge in [-0.25, -0.2) is 0 Å². The number of likely N-dealkylation sites (tertiary alicyclic amines) is 1. The van der Waals surface area contributed by atoms with E-state index in [1.807, 2.05) is 41.2 Å². The van der Waals surface area contributed by atoms with Crippen molar-refractivity contribution < 1.29 is 0 Å². The lowest BCUT2D eigenvalue weighted by molar-refractivity contribution is 0.286. The number of rotatable bonds is 2. The number of nitrogens with zero attached hydrogens (tertiary/aromatic N) is 2. The van der Waals surface area contributed by atoms with Gasteiger partial charge in [-0.1, -0.05) is 36.8 Å². The summed E-state index contributed by atoms with van der Waals surface area (Å²) in [7, 11) is 2.15. The van der Waals surface area contributed by atoms with Gasteiger partial charge in [0.05, 0.1) is 11.6 Å². The molecule has 4 nitrogen and oxygen atoms in total. The van der Waals surface area contributed by atoms with Gasteiger partial charge in [-0.3, -0.25) is 14.6 Å². The third kappa shape index (κ3) is 3.57. The smallest absolute Gasteiger partial charge is 0.271 e. The quantitative estimate of drug-likeness (QED) is 0.927. The summed E-state index contributed by atoms with van der Waals surface area (Å²) in [5, 5.41) is 3.00. The molecule has 0 bridgehead atoms. The summed E-state index contributed by atoms with van der Waals surface area (Å²) in [6.45, 7) is 2.15. The van der Waals surface area contributed by atoms with Crippen LogP contribution in [0.3, 0.4) is 0 Å². The Bertz CT molecular complexity index is 620. The first-order valence-electron chi connectivity index (χ1n) is 7.29. The van der Waals surface area contributed by atoms with Crippen LogP contribution in [0, 0.1) is 0 Å². The molecule has 1 unspecified atom stereocenters. The molecule has 0 radical (unpaired) electrons. The first kappa shape index (κ1) is 15.9. The highest BCUT2D eigenvalue weighted by molar-refractivity contribution is 5.85. The van der Waals surface area contributed by atoms with Crippen LogP contribution in [0.1, 0.15) is 25.3 Å². The minimum absolute atomic E-state index is 0. The highest BCUT2D eigenvalue weighted by atomic mass is 35.5. The molecule has 0 saturated carbocycles. The number of halogens is 1. The Morgan fingerprint density at radius 2 is 1.95 bits per heavy atom. The molecule has 5 heteroatoms. The van der Waals surface area contributed by atoms with E-state index in [9.17, 15) is 4.79 Å². The predicted molar refractivity (Wildman–Crippen MR) is 88.1 cm³/mol. The third-order valence-corrected chi connectivity index (χ3v) is 4.07. The maximum atomic E-state index is 12.2. The molecule has 114 valence electrons. The van der Waals surface area contributed by atoms with E-state index in [1.54, 1.807) is 0 Å². The van der Waals surface area contributed by atoms with Crippen molar-refractivity contribution in [3.63, 3.8) is 0 Å². The van der Waals surface area contributed by atoms with Crippen LogP contribution in [-0.4, -0.2) is 34.8 Å².